The Morgan fingerprint density at radius 3 is 1.18 bits per heavy atom. The molecule has 0 spiro atoms. The summed E-state index contributed by atoms with van der Waals surface area (Å²) >= 11 is 0. The zero-order chi connectivity index (χ0) is 48.9. The highest BCUT2D eigenvalue weighted by Crippen LogP contribution is 2.44. The molecule has 9 aromatic rings. The number of aromatic hydroxyl groups is 16. The van der Waals surface area contributed by atoms with E-state index in [4.69, 9.17) is 13.3 Å². The van der Waals surface area contributed by atoms with Crippen LogP contribution in [0.15, 0.2) is 113 Å². The Morgan fingerprint density at radius 2 is 0.701 bits per heavy atom. The summed E-state index contributed by atoms with van der Waals surface area (Å²) in [6.45, 7) is 0. The van der Waals surface area contributed by atoms with Gasteiger partial charge in [0.2, 0.25) is 22.4 Å². The maximum absolute atomic E-state index is 12.2. The van der Waals surface area contributed by atoms with Crippen LogP contribution in [0.25, 0.3) is 66.9 Å². The molecule has 22 heteroatoms. The van der Waals surface area contributed by atoms with Crippen LogP contribution in [0.5, 0.6) is 92.0 Å². The molecule has 0 saturated heterocycles. The highest BCUT2D eigenvalue weighted by molar-refractivity contribution is 5.89. The molecule has 22 nitrogen and oxygen atoms in total. The van der Waals surface area contributed by atoms with Crippen LogP contribution in [-0.2, 0) is 0 Å². The smallest absolute Gasteiger partial charge is 0.238 e. The maximum atomic E-state index is 12.2. The largest absolute Gasteiger partial charge is 0.508 e. The lowest BCUT2D eigenvalue weighted by atomic mass is 10.1. The second-order valence-corrected chi connectivity index (χ2v) is 14.1. The third-order valence-corrected chi connectivity index (χ3v) is 9.60. The number of hydrogen-bond donors (Lipinski definition) is 16. The van der Waals surface area contributed by atoms with Gasteiger partial charge in [0.1, 0.15) is 62.0 Å². The molecule has 0 fully saturated rings. The molecule has 9 rings (SSSR count). The van der Waals surface area contributed by atoms with E-state index in [1.807, 2.05) is 0 Å². The normalized spacial score (nSPS) is 10.9. The van der Waals surface area contributed by atoms with E-state index < -0.39 is 96.8 Å². The average molecular weight is 923 g/mol. The Bertz CT molecular complexity index is 3610. The van der Waals surface area contributed by atoms with E-state index in [2.05, 4.69) is 0 Å². The van der Waals surface area contributed by atoms with Gasteiger partial charge in [-0.1, -0.05) is 0 Å². The first-order chi connectivity index (χ1) is 31.5. The molecule has 16 N–H and O–H groups in total. The summed E-state index contributed by atoms with van der Waals surface area (Å²) in [5, 5.41) is 152. The van der Waals surface area contributed by atoms with Gasteiger partial charge in [0.25, 0.3) is 0 Å². The van der Waals surface area contributed by atoms with Crippen LogP contribution in [0.3, 0.4) is 0 Å². The Labute approximate surface area is 368 Å². The standard InChI is InChI=1S/C15H10O8.2C15H10O7/c16-6-3-7(17)11-10(4-6)23-15(14(22)13(11)21)5-1-8(18)12(20)9(19)2-5;16-7-3-8(17)14-9(18)5-12(22-13(14)4-7)6-1-10(19)15(21)11(20)2-6;16-7-1-2-8-11(5-7)22-15(14(21)12(8)19)6-3-9(17)13(20)10(18)4-6/h1-4,16-20,22H;1-5,16-17,19-21H;1-5,16-18,20-21H. The molecule has 0 bridgehead atoms. The number of phenols is 14. The lowest BCUT2D eigenvalue weighted by Crippen LogP contribution is -2.03. The molecule has 3 aromatic heterocycles. The monoisotopic (exact) mass is 922 g/mol. The number of fused-ring (bicyclic) bond motifs is 3. The minimum atomic E-state index is -0.967. The van der Waals surface area contributed by atoms with Crippen molar-refractivity contribution in [1.82, 2.24) is 0 Å². The molecule has 342 valence electrons. The van der Waals surface area contributed by atoms with Crippen LogP contribution in [-0.4, -0.2) is 81.7 Å². The second-order valence-electron chi connectivity index (χ2n) is 14.1. The van der Waals surface area contributed by atoms with E-state index in [1.54, 1.807) is 0 Å². The van der Waals surface area contributed by atoms with Gasteiger partial charge in [-0.25, -0.2) is 0 Å². The van der Waals surface area contributed by atoms with E-state index >= 15 is 0 Å². The molecular formula is C45H30O22. The van der Waals surface area contributed by atoms with Gasteiger partial charge in [-0.05, 0) is 48.5 Å². The zero-order valence-electron chi connectivity index (χ0n) is 33.2. The van der Waals surface area contributed by atoms with Gasteiger partial charge in [-0.15, -0.1) is 0 Å². The summed E-state index contributed by atoms with van der Waals surface area (Å²) in [5.74, 6) is -10.2. The highest BCUT2D eigenvalue weighted by Gasteiger charge is 2.22. The van der Waals surface area contributed by atoms with E-state index in [1.165, 1.54) is 18.2 Å². The van der Waals surface area contributed by atoms with Crippen LogP contribution in [0.1, 0.15) is 0 Å². The van der Waals surface area contributed by atoms with Crippen molar-refractivity contribution in [2.24, 2.45) is 0 Å². The quantitative estimate of drug-likeness (QED) is 0.0949. The van der Waals surface area contributed by atoms with Gasteiger partial charge in [0, 0.05) is 53.1 Å². The average Bonchev–Trinajstić information content (AvgIpc) is 3.25. The molecule has 0 aliphatic carbocycles. The third-order valence-electron chi connectivity index (χ3n) is 9.60. The van der Waals surface area contributed by atoms with Crippen LogP contribution < -0.4 is 16.3 Å². The van der Waals surface area contributed by atoms with Crippen molar-refractivity contribution in [3.63, 3.8) is 0 Å². The fraction of sp³-hybridized carbons (Fsp3) is 0. The number of benzene rings is 6. The SMILES string of the molecule is O=c1c(O)c(-c2cc(O)c(O)c(O)c2)oc2cc(O)cc(O)c12.O=c1c(O)c(-c2cc(O)c(O)c(O)c2)oc2cc(O)ccc12.O=c1cc(-c2cc(O)c(O)c(O)c2)oc2cc(O)cc(O)c12. The van der Waals surface area contributed by atoms with E-state index in [0.717, 1.165) is 66.7 Å². The third kappa shape index (κ3) is 8.37. The fourth-order valence-electron chi connectivity index (χ4n) is 6.45. The van der Waals surface area contributed by atoms with Crippen molar-refractivity contribution in [3.05, 3.63) is 116 Å². The predicted octanol–water partition coefficient (Wildman–Crippen LogP) is 5.67. The summed E-state index contributed by atoms with van der Waals surface area (Å²) in [6, 6.07) is 15.1. The summed E-state index contributed by atoms with van der Waals surface area (Å²) in [5.41, 5.74) is -2.52. The molecule has 0 radical (unpaired) electrons. The van der Waals surface area contributed by atoms with Crippen molar-refractivity contribution < 1.29 is 95.0 Å². The molecule has 0 amide bonds. The van der Waals surface area contributed by atoms with Crippen molar-refractivity contribution in [2.45, 2.75) is 0 Å². The molecular weight excluding hydrogens is 892 g/mol. The van der Waals surface area contributed by atoms with Gasteiger partial charge < -0.3 is 95.0 Å². The minimum Gasteiger partial charge on any atom is -0.508 e. The van der Waals surface area contributed by atoms with Gasteiger partial charge >= 0.3 is 0 Å². The first-order valence-electron chi connectivity index (χ1n) is 18.5. The predicted molar refractivity (Wildman–Crippen MR) is 230 cm³/mol. The summed E-state index contributed by atoms with van der Waals surface area (Å²) < 4.78 is 16.1. The molecule has 0 unspecified atom stereocenters. The van der Waals surface area contributed by atoms with Crippen molar-refractivity contribution in [2.75, 3.05) is 0 Å². The van der Waals surface area contributed by atoms with E-state index in [0.29, 0.717) is 0 Å². The van der Waals surface area contributed by atoms with Crippen LogP contribution in [0.4, 0.5) is 0 Å². The number of phenolic OH excluding ortho intramolecular Hbond substituents is 14. The second kappa shape index (κ2) is 16.8. The van der Waals surface area contributed by atoms with Crippen molar-refractivity contribution >= 4 is 32.9 Å². The Kier molecular flexibility index (Phi) is 11.2. The summed E-state index contributed by atoms with van der Waals surface area (Å²) in [7, 11) is 0. The van der Waals surface area contributed by atoms with E-state index in [9.17, 15) is 96.1 Å². The Balaban J connectivity index is 0.000000149. The summed E-state index contributed by atoms with van der Waals surface area (Å²) in [4.78, 5) is 36.3. The Morgan fingerprint density at radius 1 is 0.313 bits per heavy atom. The molecule has 0 aliphatic rings. The highest BCUT2D eigenvalue weighted by atomic mass is 16.4. The van der Waals surface area contributed by atoms with Crippen molar-refractivity contribution in [1.29, 1.82) is 0 Å². The molecule has 3 heterocycles. The lowest BCUT2D eigenvalue weighted by Gasteiger charge is -2.09. The molecule has 6 aromatic carbocycles. The van der Waals surface area contributed by atoms with Gasteiger partial charge in [-0.3, -0.25) is 14.4 Å². The lowest BCUT2D eigenvalue weighted by molar-refractivity contribution is 0.367. The topological polar surface area (TPSA) is 414 Å². The maximum Gasteiger partial charge on any atom is 0.238 e. The van der Waals surface area contributed by atoms with Crippen LogP contribution in [0, 0.1) is 0 Å². The molecule has 0 aliphatic heterocycles. The van der Waals surface area contributed by atoms with Crippen LogP contribution >= 0.6 is 0 Å². The zero-order valence-corrected chi connectivity index (χ0v) is 33.2. The number of hydrogen-bond acceptors (Lipinski definition) is 22. The summed E-state index contributed by atoms with van der Waals surface area (Å²) in [6.07, 6.45) is 0. The minimum absolute atomic E-state index is 0.0184. The van der Waals surface area contributed by atoms with E-state index in [-0.39, 0.29) is 78.4 Å². The van der Waals surface area contributed by atoms with Crippen LogP contribution in [0.2, 0.25) is 0 Å². The van der Waals surface area contributed by atoms with Gasteiger partial charge in [-0.2, -0.15) is 0 Å². The molecule has 0 saturated carbocycles. The fourth-order valence-corrected chi connectivity index (χ4v) is 6.45. The van der Waals surface area contributed by atoms with Crippen molar-refractivity contribution in [3.8, 4) is 126 Å². The molecule has 67 heavy (non-hydrogen) atoms. The Hall–Kier alpha value is -10.3. The van der Waals surface area contributed by atoms with Gasteiger partial charge in [0.15, 0.2) is 68.7 Å². The number of rotatable bonds is 3. The first kappa shape index (κ1) is 44.8. The molecule has 0 atom stereocenters. The first-order valence-corrected chi connectivity index (χ1v) is 18.5. The van der Waals surface area contributed by atoms with Gasteiger partial charge in [0.05, 0.1) is 5.39 Å².